The van der Waals surface area contributed by atoms with E-state index in [0.29, 0.717) is 0 Å². The van der Waals surface area contributed by atoms with Gasteiger partial charge in [0, 0.05) is 25.6 Å². The van der Waals surface area contributed by atoms with Crippen molar-refractivity contribution in [1.29, 1.82) is 0 Å². The Kier molecular flexibility index (Phi) is 3.86. The Morgan fingerprint density at radius 3 is 2.90 bits per heavy atom. The lowest BCUT2D eigenvalue weighted by Crippen LogP contribution is -2.05. The Morgan fingerprint density at radius 1 is 1.30 bits per heavy atom. The van der Waals surface area contributed by atoms with E-state index in [0.717, 1.165) is 36.9 Å². The van der Waals surface area contributed by atoms with Crippen molar-refractivity contribution in [3.8, 4) is 5.75 Å². The standard InChI is InChI=1S/C16H12BrIO2/c1-9-6-11-7-10(2-5-15(11)20-9)16(19)13-8-12(17)3-4-14(13)18/h2-5,7-9H,6H2,1H3. The van der Waals surface area contributed by atoms with Crippen LogP contribution in [0.25, 0.3) is 0 Å². The molecule has 1 unspecified atom stereocenters. The number of carbonyl (C=O) groups excluding carboxylic acids is 1. The quantitative estimate of drug-likeness (QED) is 0.501. The molecular formula is C16H12BrIO2. The second kappa shape index (κ2) is 5.48. The minimum absolute atomic E-state index is 0.0538. The van der Waals surface area contributed by atoms with E-state index in [4.69, 9.17) is 4.74 Å². The van der Waals surface area contributed by atoms with Crippen LogP contribution in [0.2, 0.25) is 0 Å². The Balaban J connectivity index is 1.99. The molecule has 4 heteroatoms. The summed E-state index contributed by atoms with van der Waals surface area (Å²) in [6, 6.07) is 11.5. The molecule has 0 saturated heterocycles. The number of rotatable bonds is 2. The molecule has 0 amide bonds. The molecule has 0 radical (unpaired) electrons. The van der Waals surface area contributed by atoms with Crippen LogP contribution in [0, 0.1) is 3.57 Å². The van der Waals surface area contributed by atoms with Gasteiger partial charge in [-0.1, -0.05) is 15.9 Å². The first-order valence-electron chi connectivity index (χ1n) is 6.34. The molecule has 3 rings (SSSR count). The van der Waals surface area contributed by atoms with Gasteiger partial charge in [-0.3, -0.25) is 4.79 Å². The van der Waals surface area contributed by atoms with Crippen molar-refractivity contribution in [2.75, 3.05) is 0 Å². The molecule has 1 atom stereocenters. The first kappa shape index (κ1) is 14.1. The molecule has 0 aromatic heterocycles. The maximum absolute atomic E-state index is 12.6. The number of ketones is 1. The number of hydrogen-bond donors (Lipinski definition) is 0. The summed E-state index contributed by atoms with van der Waals surface area (Å²) in [6.45, 7) is 2.04. The van der Waals surface area contributed by atoms with Crippen molar-refractivity contribution in [1.82, 2.24) is 0 Å². The van der Waals surface area contributed by atoms with Crippen molar-refractivity contribution < 1.29 is 9.53 Å². The highest BCUT2D eigenvalue weighted by Gasteiger charge is 2.21. The number of ether oxygens (including phenoxy) is 1. The van der Waals surface area contributed by atoms with Crippen LogP contribution in [0.1, 0.15) is 28.4 Å². The van der Waals surface area contributed by atoms with Crippen LogP contribution in [-0.2, 0) is 6.42 Å². The molecule has 2 aromatic carbocycles. The zero-order valence-electron chi connectivity index (χ0n) is 10.8. The molecule has 1 aliphatic rings. The molecule has 20 heavy (non-hydrogen) atoms. The van der Waals surface area contributed by atoms with Crippen LogP contribution < -0.4 is 4.74 Å². The Labute approximate surface area is 139 Å². The summed E-state index contributed by atoms with van der Waals surface area (Å²) >= 11 is 5.61. The summed E-state index contributed by atoms with van der Waals surface area (Å²) in [5.74, 6) is 0.955. The van der Waals surface area contributed by atoms with Gasteiger partial charge in [0.25, 0.3) is 0 Å². The first-order valence-corrected chi connectivity index (χ1v) is 8.21. The number of carbonyl (C=O) groups is 1. The lowest BCUT2D eigenvalue weighted by Gasteiger charge is -2.06. The van der Waals surface area contributed by atoms with Gasteiger partial charge in [0.05, 0.1) is 0 Å². The minimum Gasteiger partial charge on any atom is -0.490 e. The summed E-state index contributed by atoms with van der Waals surface area (Å²) in [4.78, 5) is 12.6. The van der Waals surface area contributed by atoms with E-state index >= 15 is 0 Å². The van der Waals surface area contributed by atoms with Gasteiger partial charge in [0.2, 0.25) is 0 Å². The highest BCUT2D eigenvalue weighted by Crippen LogP contribution is 2.30. The number of fused-ring (bicyclic) bond motifs is 1. The maximum Gasteiger partial charge on any atom is 0.194 e. The van der Waals surface area contributed by atoms with Crippen molar-refractivity contribution in [2.24, 2.45) is 0 Å². The highest BCUT2D eigenvalue weighted by atomic mass is 127. The monoisotopic (exact) mass is 442 g/mol. The van der Waals surface area contributed by atoms with Gasteiger partial charge in [-0.25, -0.2) is 0 Å². The van der Waals surface area contributed by atoms with Crippen LogP contribution in [0.4, 0.5) is 0 Å². The smallest absolute Gasteiger partial charge is 0.194 e. The van der Waals surface area contributed by atoms with E-state index in [9.17, 15) is 4.79 Å². The molecule has 2 aromatic rings. The molecule has 102 valence electrons. The average Bonchev–Trinajstić information content (AvgIpc) is 2.79. The molecule has 0 aliphatic carbocycles. The van der Waals surface area contributed by atoms with E-state index in [2.05, 4.69) is 38.5 Å². The van der Waals surface area contributed by atoms with Crippen LogP contribution in [0.5, 0.6) is 5.75 Å². The Morgan fingerprint density at radius 2 is 2.10 bits per heavy atom. The predicted molar refractivity (Wildman–Crippen MR) is 90.5 cm³/mol. The van der Waals surface area contributed by atoms with Gasteiger partial charge in [-0.15, -0.1) is 0 Å². The van der Waals surface area contributed by atoms with Gasteiger partial charge in [-0.2, -0.15) is 0 Å². The third kappa shape index (κ3) is 2.63. The SMILES string of the molecule is CC1Cc2cc(C(=O)c3cc(Br)ccc3I)ccc2O1. The first-order chi connectivity index (χ1) is 9.54. The lowest BCUT2D eigenvalue weighted by molar-refractivity contribution is 0.103. The molecule has 0 saturated carbocycles. The van der Waals surface area contributed by atoms with Crippen molar-refractivity contribution >= 4 is 44.3 Å². The molecular weight excluding hydrogens is 431 g/mol. The third-order valence-corrected chi connectivity index (χ3v) is 4.77. The van der Waals surface area contributed by atoms with Crippen molar-refractivity contribution in [2.45, 2.75) is 19.4 Å². The van der Waals surface area contributed by atoms with Crippen LogP contribution in [0.3, 0.4) is 0 Å². The highest BCUT2D eigenvalue weighted by molar-refractivity contribution is 14.1. The molecule has 1 aliphatic heterocycles. The molecule has 0 N–H and O–H groups in total. The topological polar surface area (TPSA) is 26.3 Å². The number of halogens is 2. The summed E-state index contributed by atoms with van der Waals surface area (Å²) in [7, 11) is 0. The van der Waals surface area contributed by atoms with E-state index in [1.54, 1.807) is 0 Å². The van der Waals surface area contributed by atoms with Gasteiger partial charge in [0.15, 0.2) is 5.78 Å². The van der Waals surface area contributed by atoms with Crippen LogP contribution in [0.15, 0.2) is 40.9 Å². The van der Waals surface area contributed by atoms with Gasteiger partial charge < -0.3 is 4.74 Å². The fraction of sp³-hybridized carbons (Fsp3) is 0.188. The normalized spacial score (nSPS) is 16.6. The third-order valence-electron chi connectivity index (χ3n) is 3.33. The molecule has 0 fully saturated rings. The van der Waals surface area contributed by atoms with E-state index in [1.807, 2.05) is 43.3 Å². The zero-order valence-corrected chi connectivity index (χ0v) is 14.6. The van der Waals surface area contributed by atoms with Gasteiger partial charge >= 0.3 is 0 Å². The van der Waals surface area contributed by atoms with Gasteiger partial charge in [-0.05, 0) is 71.5 Å². The number of benzene rings is 2. The van der Waals surface area contributed by atoms with Crippen molar-refractivity contribution in [3.05, 3.63) is 61.1 Å². The van der Waals surface area contributed by atoms with E-state index in [1.165, 1.54) is 0 Å². The average molecular weight is 443 g/mol. The summed E-state index contributed by atoms with van der Waals surface area (Å²) in [6.07, 6.45) is 1.06. The Hall–Kier alpha value is -0.880. The largest absolute Gasteiger partial charge is 0.490 e. The molecule has 0 spiro atoms. The van der Waals surface area contributed by atoms with Crippen LogP contribution >= 0.6 is 38.5 Å². The molecule has 2 nitrogen and oxygen atoms in total. The van der Waals surface area contributed by atoms with Gasteiger partial charge in [0.1, 0.15) is 11.9 Å². The summed E-state index contributed by atoms with van der Waals surface area (Å²) < 4.78 is 7.55. The second-order valence-corrected chi connectivity index (χ2v) is 6.99. The van der Waals surface area contributed by atoms with E-state index < -0.39 is 0 Å². The summed E-state index contributed by atoms with van der Waals surface area (Å²) in [5, 5.41) is 0. The summed E-state index contributed by atoms with van der Waals surface area (Å²) in [5.41, 5.74) is 2.57. The lowest BCUT2D eigenvalue weighted by atomic mass is 10.00. The fourth-order valence-corrected chi connectivity index (χ4v) is 3.33. The maximum atomic E-state index is 12.6. The Bertz CT molecular complexity index is 697. The zero-order chi connectivity index (χ0) is 14.3. The predicted octanol–water partition coefficient (Wildman–Crippen LogP) is 4.61. The minimum atomic E-state index is 0.0538. The second-order valence-electron chi connectivity index (χ2n) is 4.91. The number of hydrogen-bond acceptors (Lipinski definition) is 2. The molecule has 1 heterocycles. The van der Waals surface area contributed by atoms with Crippen LogP contribution in [-0.4, -0.2) is 11.9 Å². The van der Waals surface area contributed by atoms with E-state index in [-0.39, 0.29) is 11.9 Å². The molecule has 0 bridgehead atoms. The van der Waals surface area contributed by atoms with Crippen molar-refractivity contribution in [3.63, 3.8) is 0 Å². The fourth-order valence-electron chi connectivity index (χ4n) is 2.39.